The smallest absolute Gasteiger partial charge is 0.0468 e. The van der Waals surface area contributed by atoms with Crippen molar-refractivity contribution in [3.05, 3.63) is 253 Å². The third kappa shape index (κ3) is 7.46. The molecule has 60 heavy (non-hydrogen) atoms. The van der Waals surface area contributed by atoms with E-state index in [1.54, 1.807) is 0 Å². The van der Waals surface area contributed by atoms with Crippen molar-refractivity contribution in [2.24, 2.45) is 0 Å². The first-order chi connectivity index (χ1) is 29.7. The molecule has 0 aliphatic carbocycles. The predicted molar refractivity (Wildman–Crippen MR) is 259 cm³/mol. The van der Waals surface area contributed by atoms with Crippen LogP contribution in [0, 0.1) is 0 Å². The quantitative estimate of drug-likeness (QED) is 0.101. The van der Waals surface area contributed by atoms with Crippen LogP contribution >= 0.6 is 0 Å². The molecule has 0 N–H and O–H groups in total. The molecule has 0 saturated heterocycles. The molecule has 0 amide bonds. The standard InChI is InChI=1S/C58H42N2/c1-5-15-43(16-6-1)25-27-45-29-33-49(34-30-45)59(47-19-9-3-10-20-47)51-37-39-55-56-40-38-52(42-58(56)54-24-14-13-23-53(54)57(55)41-51)60(48-21-11-4-12-22-48)50-35-31-46(32-36-50)28-26-44-17-7-2-8-18-44/h1-42H/b27-25+,28-26+. The molecule has 2 nitrogen and oxygen atoms in total. The summed E-state index contributed by atoms with van der Waals surface area (Å²) in [4.78, 5) is 4.71. The Morgan fingerprint density at radius 3 is 0.833 bits per heavy atom. The predicted octanol–water partition coefficient (Wildman–Crippen LogP) is 16.4. The molecule has 0 aliphatic rings. The molecule has 0 unspecified atom stereocenters. The number of fused-ring (bicyclic) bond motifs is 6. The first-order valence-corrected chi connectivity index (χ1v) is 20.5. The maximum absolute atomic E-state index is 2.37. The summed E-state index contributed by atoms with van der Waals surface area (Å²) in [6, 6.07) is 82.6. The first-order valence-electron chi connectivity index (χ1n) is 20.5. The number of rotatable bonds is 10. The van der Waals surface area contributed by atoms with E-state index < -0.39 is 0 Å². The average molecular weight is 767 g/mol. The number of anilines is 6. The van der Waals surface area contributed by atoms with Gasteiger partial charge in [0.25, 0.3) is 0 Å². The van der Waals surface area contributed by atoms with Crippen LogP contribution in [0.2, 0.25) is 0 Å². The van der Waals surface area contributed by atoms with Gasteiger partial charge < -0.3 is 9.80 Å². The van der Waals surface area contributed by atoms with Gasteiger partial charge in [-0.3, -0.25) is 0 Å². The number of hydrogen-bond donors (Lipinski definition) is 0. The molecule has 0 bridgehead atoms. The van der Waals surface area contributed by atoms with E-state index in [0.29, 0.717) is 0 Å². The van der Waals surface area contributed by atoms with E-state index in [0.717, 1.165) is 45.3 Å². The van der Waals surface area contributed by atoms with Crippen LogP contribution in [0.25, 0.3) is 56.6 Å². The van der Waals surface area contributed by atoms with Gasteiger partial charge in [0.05, 0.1) is 0 Å². The highest BCUT2D eigenvalue weighted by Crippen LogP contribution is 2.43. The number of nitrogens with zero attached hydrogens (tertiary/aromatic N) is 2. The summed E-state index contributed by atoms with van der Waals surface area (Å²) >= 11 is 0. The number of benzene rings is 10. The van der Waals surface area contributed by atoms with Crippen LogP contribution in [0.1, 0.15) is 22.3 Å². The first kappa shape index (κ1) is 36.4. The maximum atomic E-state index is 2.37. The minimum absolute atomic E-state index is 1.11. The van der Waals surface area contributed by atoms with Crippen molar-refractivity contribution in [2.45, 2.75) is 0 Å². The Hall–Kier alpha value is -7.94. The largest absolute Gasteiger partial charge is 0.310 e. The van der Waals surface area contributed by atoms with Gasteiger partial charge in [-0.25, -0.2) is 0 Å². The van der Waals surface area contributed by atoms with Crippen molar-refractivity contribution in [1.29, 1.82) is 0 Å². The Balaban J connectivity index is 1.05. The lowest BCUT2D eigenvalue weighted by Gasteiger charge is -2.27. The van der Waals surface area contributed by atoms with Gasteiger partial charge in [0.2, 0.25) is 0 Å². The van der Waals surface area contributed by atoms with Crippen LogP contribution < -0.4 is 9.80 Å². The molecule has 284 valence electrons. The van der Waals surface area contributed by atoms with Gasteiger partial charge in [-0.05, 0) is 127 Å². The van der Waals surface area contributed by atoms with E-state index >= 15 is 0 Å². The summed E-state index contributed by atoms with van der Waals surface area (Å²) in [6.45, 7) is 0. The second-order valence-electron chi connectivity index (χ2n) is 15.0. The van der Waals surface area contributed by atoms with Gasteiger partial charge in [-0.15, -0.1) is 0 Å². The Kier molecular flexibility index (Phi) is 10.0. The molecule has 10 aromatic carbocycles. The average Bonchev–Trinajstić information content (AvgIpc) is 3.32. The number of hydrogen-bond acceptors (Lipinski definition) is 2. The summed E-state index contributed by atoms with van der Waals surface area (Å²) < 4.78 is 0. The second kappa shape index (κ2) is 16.5. The van der Waals surface area contributed by atoms with Crippen LogP contribution in [0.15, 0.2) is 231 Å². The topological polar surface area (TPSA) is 6.48 Å². The van der Waals surface area contributed by atoms with Gasteiger partial charge in [-0.2, -0.15) is 0 Å². The van der Waals surface area contributed by atoms with Crippen molar-refractivity contribution in [1.82, 2.24) is 0 Å². The molecule has 0 aromatic heterocycles. The summed E-state index contributed by atoms with van der Waals surface area (Å²) in [7, 11) is 0. The molecular weight excluding hydrogens is 725 g/mol. The van der Waals surface area contributed by atoms with E-state index in [1.807, 2.05) is 12.1 Å². The van der Waals surface area contributed by atoms with Gasteiger partial charge >= 0.3 is 0 Å². The van der Waals surface area contributed by atoms with Crippen molar-refractivity contribution >= 4 is 90.7 Å². The summed E-state index contributed by atoms with van der Waals surface area (Å²) in [5, 5.41) is 7.38. The highest BCUT2D eigenvalue weighted by Gasteiger charge is 2.18. The fourth-order valence-corrected chi connectivity index (χ4v) is 8.24. The lowest BCUT2D eigenvalue weighted by molar-refractivity contribution is 1.29. The minimum Gasteiger partial charge on any atom is -0.310 e. The Morgan fingerprint density at radius 2 is 0.467 bits per heavy atom. The zero-order valence-corrected chi connectivity index (χ0v) is 33.1. The van der Waals surface area contributed by atoms with Crippen LogP contribution in [-0.4, -0.2) is 0 Å². The van der Waals surface area contributed by atoms with Gasteiger partial charge in [0, 0.05) is 34.1 Å². The lowest BCUT2D eigenvalue weighted by atomic mass is 9.93. The van der Waals surface area contributed by atoms with Gasteiger partial charge in [-0.1, -0.05) is 182 Å². The Bertz CT molecular complexity index is 2860. The van der Waals surface area contributed by atoms with Crippen LogP contribution in [-0.2, 0) is 0 Å². The zero-order chi connectivity index (χ0) is 40.1. The van der Waals surface area contributed by atoms with Crippen molar-refractivity contribution in [3.8, 4) is 0 Å². The SMILES string of the molecule is C(=C\c1ccc(N(c2ccccc2)c2ccc3c4ccc(N(c5ccccc5)c5ccc(/C=C/c6ccccc6)cc5)cc4c4ccccc4c3c2)cc1)/c1ccccc1. The van der Waals surface area contributed by atoms with Crippen LogP contribution in [0.3, 0.4) is 0 Å². The third-order valence-corrected chi connectivity index (χ3v) is 11.2. The molecular formula is C58H42N2. The molecule has 0 spiro atoms. The van der Waals surface area contributed by atoms with E-state index in [4.69, 9.17) is 0 Å². The third-order valence-electron chi connectivity index (χ3n) is 11.2. The molecule has 0 heterocycles. The fourth-order valence-electron chi connectivity index (χ4n) is 8.24. The summed E-state index contributed by atoms with van der Waals surface area (Å²) in [5.74, 6) is 0. The van der Waals surface area contributed by atoms with Gasteiger partial charge in [0.15, 0.2) is 0 Å². The van der Waals surface area contributed by atoms with Gasteiger partial charge in [0.1, 0.15) is 0 Å². The molecule has 0 saturated carbocycles. The number of para-hydroxylation sites is 2. The molecule has 2 heteroatoms. The van der Waals surface area contributed by atoms with Crippen molar-refractivity contribution < 1.29 is 0 Å². The minimum atomic E-state index is 1.11. The molecule has 10 aromatic rings. The second-order valence-corrected chi connectivity index (χ2v) is 15.0. The monoisotopic (exact) mass is 766 g/mol. The highest BCUT2D eigenvalue weighted by molar-refractivity contribution is 6.26. The summed E-state index contributed by atoms with van der Waals surface area (Å²) in [5.41, 5.74) is 11.3. The Labute approximate surface area is 351 Å². The normalized spacial score (nSPS) is 11.5. The van der Waals surface area contributed by atoms with Crippen molar-refractivity contribution in [2.75, 3.05) is 9.80 Å². The van der Waals surface area contributed by atoms with E-state index in [-0.39, 0.29) is 0 Å². The highest BCUT2D eigenvalue weighted by atomic mass is 15.1. The van der Waals surface area contributed by atoms with Crippen LogP contribution in [0.5, 0.6) is 0 Å². The summed E-state index contributed by atoms with van der Waals surface area (Å²) in [6.07, 6.45) is 8.67. The van der Waals surface area contributed by atoms with E-state index in [9.17, 15) is 0 Å². The molecule has 0 aliphatic heterocycles. The van der Waals surface area contributed by atoms with E-state index in [1.165, 1.54) is 43.4 Å². The zero-order valence-electron chi connectivity index (χ0n) is 33.1. The molecule has 10 rings (SSSR count). The molecule has 0 atom stereocenters. The van der Waals surface area contributed by atoms with Crippen LogP contribution in [0.4, 0.5) is 34.1 Å². The fraction of sp³-hybridized carbons (Fsp3) is 0. The van der Waals surface area contributed by atoms with E-state index in [2.05, 4.69) is 252 Å². The van der Waals surface area contributed by atoms with Crippen molar-refractivity contribution in [3.63, 3.8) is 0 Å². The lowest BCUT2D eigenvalue weighted by Crippen LogP contribution is -2.10. The Morgan fingerprint density at radius 1 is 0.200 bits per heavy atom. The molecule has 0 radical (unpaired) electrons. The maximum Gasteiger partial charge on any atom is 0.0468 e. The molecule has 0 fully saturated rings.